The number of hydrogen-bond donors (Lipinski definition) is 0. The van der Waals surface area contributed by atoms with Gasteiger partial charge in [0.1, 0.15) is 6.10 Å². The lowest BCUT2D eigenvalue weighted by Crippen LogP contribution is -2.13. The Kier molecular flexibility index (Phi) is 5.98. The molecule has 0 aliphatic heterocycles. The Balaban J connectivity index is 2.05. The van der Waals surface area contributed by atoms with E-state index in [4.69, 9.17) is 4.74 Å². The van der Waals surface area contributed by atoms with E-state index in [0.717, 1.165) is 6.54 Å². The number of ether oxygens (including phenoxy) is 1. The first-order valence-electron chi connectivity index (χ1n) is 7.20. The molecule has 2 aromatic rings. The summed E-state index contributed by atoms with van der Waals surface area (Å²) >= 11 is 0. The van der Waals surface area contributed by atoms with Crippen molar-refractivity contribution in [2.24, 2.45) is 0 Å². The zero-order valence-electron chi connectivity index (χ0n) is 12.6. The first-order chi connectivity index (χ1) is 10.3. The molecule has 21 heavy (non-hydrogen) atoms. The molecule has 110 valence electrons. The Labute approximate surface area is 126 Å². The fourth-order valence-electron chi connectivity index (χ4n) is 2.05. The van der Waals surface area contributed by atoms with Crippen LogP contribution in [0.3, 0.4) is 0 Å². The van der Waals surface area contributed by atoms with Gasteiger partial charge in [-0.3, -0.25) is 0 Å². The summed E-state index contributed by atoms with van der Waals surface area (Å²) in [6.45, 7) is 5.48. The van der Waals surface area contributed by atoms with Gasteiger partial charge in [0.15, 0.2) is 0 Å². The second-order valence-corrected chi connectivity index (χ2v) is 5.01. The summed E-state index contributed by atoms with van der Waals surface area (Å²) in [6, 6.07) is 10.3. The molecule has 0 aliphatic carbocycles. The maximum absolute atomic E-state index is 6.11. The van der Waals surface area contributed by atoms with Crippen LogP contribution in [-0.2, 0) is 11.3 Å². The predicted molar refractivity (Wildman–Crippen MR) is 85.9 cm³/mol. The molecule has 3 heteroatoms. The van der Waals surface area contributed by atoms with E-state index >= 15 is 0 Å². The number of hydrogen-bond acceptors (Lipinski definition) is 2. The van der Waals surface area contributed by atoms with Crippen LogP contribution in [0, 0.1) is 0 Å². The van der Waals surface area contributed by atoms with E-state index in [0.29, 0.717) is 6.61 Å². The van der Waals surface area contributed by atoms with Crippen LogP contribution >= 0.6 is 0 Å². The summed E-state index contributed by atoms with van der Waals surface area (Å²) < 4.78 is 8.15. The first kappa shape index (κ1) is 15.3. The second-order valence-electron chi connectivity index (χ2n) is 5.01. The average molecular weight is 282 g/mol. The molecule has 1 atom stereocenters. The Morgan fingerprint density at radius 1 is 1.33 bits per heavy atom. The Morgan fingerprint density at radius 2 is 2.14 bits per heavy atom. The van der Waals surface area contributed by atoms with Gasteiger partial charge in [-0.2, -0.15) is 0 Å². The van der Waals surface area contributed by atoms with Gasteiger partial charge < -0.3 is 9.30 Å². The van der Waals surface area contributed by atoms with Gasteiger partial charge in [-0.15, -0.1) is 0 Å². The minimum Gasteiger partial charge on any atom is -0.367 e. The first-order valence-corrected chi connectivity index (χ1v) is 7.20. The van der Waals surface area contributed by atoms with E-state index < -0.39 is 0 Å². The zero-order valence-corrected chi connectivity index (χ0v) is 12.6. The van der Waals surface area contributed by atoms with Crippen LogP contribution in [0.15, 0.2) is 72.9 Å². The van der Waals surface area contributed by atoms with Crippen molar-refractivity contribution in [2.75, 3.05) is 6.61 Å². The van der Waals surface area contributed by atoms with Crippen LogP contribution in [0.5, 0.6) is 0 Å². The number of allylic oxidation sites excluding steroid dienone is 3. The van der Waals surface area contributed by atoms with Gasteiger partial charge in [0.2, 0.25) is 0 Å². The Morgan fingerprint density at radius 3 is 2.81 bits per heavy atom. The van der Waals surface area contributed by atoms with Gasteiger partial charge in [-0.05, 0) is 25.0 Å². The van der Waals surface area contributed by atoms with Crippen LogP contribution in [0.1, 0.15) is 25.5 Å². The van der Waals surface area contributed by atoms with Crippen molar-refractivity contribution < 1.29 is 4.74 Å². The van der Waals surface area contributed by atoms with Crippen LogP contribution in [0.2, 0.25) is 0 Å². The van der Waals surface area contributed by atoms with Gasteiger partial charge in [0.25, 0.3) is 0 Å². The molecule has 0 saturated heterocycles. The lowest BCUT2D eigenvalue weighted by molar-refractivity contribution is 0.0562. The molecule has 0 aliphatic rings. The van der Waals surface area contributed by atoms with Crippen LogP contribution in [0.25, 0.3) is 0 Å². The summed E-state index contributed by atoms with van der Waals surface area (Å²) in [5, 5.41) is 0. The van der Waals surface area contributed by atoms with E-state index in [1.165, 1.54) is 11.1 Å². The maximum Gasteiger partial charge on any atom is 0.101 e. The molecule has 0 spiro atoms. The monoisotopic (exact) mass is 282 g/mol. The van der Waals surface area contributed by atoms with E-state index in [1.807, 2.05) is 54.4 Å². The predicted octanol–water partition coefficient (Wildman–Crippen LogP) is 4.16. The highest BCUT2D eigenvalue weighted by Gasteiger charge is 2.12. The summed E-state index contributed by atoms with van der Waals surface area (Å²) in [5.74, 6) is 0. The number of benzene rings is 1. The van der Waals surface area contributed by atoms with Crippen molar-refractivity contribution in [2.45, 2.75) is 26.5 Å². The number of nitrogens with zero attached hydrogens (tertiary/aromatic N) is 2. The average Bonchev–Trinajstić information content (AvgIpc) is 3.03. The minimum absolute atomic E-state index is 0.0226. The number of imidazole rings is 1. The van der Waals surface area contributed by atoms with Crippen molar-refractivity contribution in [3.63, 3.8) is 0 Å². The molecule has 0 fully saturated rings. The fourth-order valence-corrected chi connectivity index (χ4v) is 2.05. The minimum atomic E-state index is 0.0226. The number of rotatable bonds is 7. The quantitative estimate of drug-likeness (QED) is 0.713. The van der Waals surface area contributed by atoms with Crippen LogP contribution < -0.4 is 0 Å². The molecule has 0 bridgehead atoms. The molecule has 1 aromatic heterocycles. The molecule has 0 radical (unpaired) electrons. The lowest BCUT2D eigenvalue weighted by Gasteiger charge is -2.19. The summed E-state index contributed by atoms with van der Waals surface area (Å²) in [5.41, 5.74) is 2.39. The molecule has 3 nitrogen and oxygen atoms in total. The Hall–Kier alpha value is -2.13. The largest absolute Gasteiger partial charge is 0.367 e. The molecule has 0 N–H and O–H groups in total. The van der Waals surface area contributed by atoms with Crippen molar-refractivity contribution in [1.82, 2.24) is 9.55 Å². The van der Waals surface area contributed by atoms with E-state index in [9.17, 15) is 0 Å². The highest BCUT2D eigenvalue weighted by atomic mass is 16.5. The van der Waals surface area contributed by atoms with Gasteiger partial charge in [-0.1, -0.05) is 48.6 Å². The van der Waals surface area contributed by atoms with Crippen molar-refractivity contribution >= 4 is 0 Å². The van der Waals surface area contributed by atoms with Crippen molar-refractivity contribution in [3.05, 3.63) is 78.4 Å². The normalized spacial score (nSPS) is 13.7. The van der Waals surface area contributed by atoms with E-state index in [1.54, 1.807) is 6.20 Å². The summed E-state index contributed by atoms with van der Waals surface area (Å²) in [4.78, 5) is 4.09. The van der Waals surface area contributed by atoms with E-state index in [2.05, 4.69) is 30.1 Å². The number of aromatic nitrogens is 2. The third-order valence-corrected chi connectivity index (χ3v) is 3.19. The standard InChI is InChI=1S/C18H22N2O/c1-3-4-8-16(2)14-21-18(13-20-12-11-19-15-20)17-9-6-5-7-10-17/h3-12,15,18H,13-14H2,1-2H3/b4-3-,16-8+. The molecule has 1 aromatic carbocycles. The summed E-state index contributed by atoms with van der Waals surface area (Å²) in [7, 11) is 0. The third kappa shape index (κ3) is 5.04. The van der Waals surface area contributed by atoms with Gasteiger partial charge >= 0.3 is 0 Å². The third-order valence-electron chi connectivity index (χ3n) is 3.19. The van der Waals surface area contributed by atoms with Gasteiger partial charge in [0, 0.05) is 12.4 Å². The lowest BCUT2D eigenvalue weighted by atomic mass is 10.1. The van der Waals surface area contributed by atoms with Crippen molar-refractivity contribution in [1.29, 1.82) is 0 Å². The molecule has 0 saturated carbocycles. The summed E-state index contributed by atoms with van der Waals surface area (Å²) in [6.07, 6.45) is 11.7. The molecule has 1 unspecified atom stereocenters. The SMILES string of the molecule is C/C=C\C=C(/C)COC(Cn1ccnc1)c1ccccc1. The highest BCUT2D eigenvalue weighted by molar-refractivity contribution is 5.18. The molecule has 0 amide bonds. The maximum atomic E-state index is 6.11. The zero-order chi connectivity index (χ0) is 14.9. The fraction of sp³-hybridized carbons (Fsp3) is 0.278. The second kappa shape index (κ2) is 8.22. The van der Waals surface area contributed by atoms with Crippen LogP contribution in [-0.4, -0.2) is 16.2 Å². The highest BCUT2D eigenvalue weighted by Crippen LogP contribution is 2.20. The molecular weight excluding hydrogens is 260 g/mol. The van der Waals surface area contributed by atoms with E-state index in [-0.39, 0.29) is 6.10 Å². The van der Waals surface area contributed by atoms with Crippen molar-refractivity contribution in [3.8, 4) is 0 Å². The molecule has 1 heterocycles. The van der Waals surface area contributed by atoms with Gasteiger partial charge in [-0.25, -0.2) is 4.98 Å². The molecular formula is C18H22N2O. The topological polar surface area (TPSA) is 27.1 Å². The Bertz CT molecular complexity index is 571. The van der Waals surface area contributed by atoms with Crippen LogP contribution in [0.4, 0.5) is 0 Å². The molecule has 2 rings (SSSR count). The van der Waals surface area contributed by atoms with Gasteiger partial charge in [0.05, 0.1) is 19.5 Å². The smallest absolute Gasteiger partial charge is 0.101 e.